The van der Waals surface area contributed by atoms with E-state index in [2.05, 4.69) is 46.7 Å². The van der Waals surface area contributed by atoms with Gasteiger partial charge in [0.05, 0.1) is 0 Å². The molecule has 0 aliphatic heterocycles. The molecule has 13 heavy (non-hydrogen) atoms. The molecule has 1 aromatic rings. The van der Waals surface area contributed by atoms with Crippen LogP contribution in [-0.2, 0) is 12.8 Å². The van der Waals surface area contributed by atoms with Crippen molar-refractivity contribution in [1.29, 1.82) is 0 Å². The van der Waals surface area contributed by atoms with Crippen LogP contribution in [0.15, 0.2) is 10.7 Å². The number of aromatic nitrogens is 2. The third-order valence-corrected chi connectivity index (χ3v) is 2.13. The highest BCUT2D eigenvalue weighted by atomic mass is 79.9. The predicted octanol–water partition coefficient (Wildman–Crippen LogP) is 3.00. The lowest BCUT2D eigenvalue weighted by atomic mass is 10.1. The van der Waals surface area contributed by atoms with Gasteiger partial charge in [0.15, 0.2) is 0 Å². The molecule has 0 N–H and O–H groups in total. The Balaban J connectivity index is 2.88. The van der Waals surface area contributed by atoms with Gasteiger partial charge in [-0.25, -0.2) is 9.97 Å². The van der Waals surface area contributed by atoms with Crippen LogP contribution in [0, 0.1) is 5.92 Å². The summed E-state index contributed by atoms with van der Waals surface area (Å²) in [6, 6.07) is 2.00. The molecule has 0 saturated carbocycles. The highest BCUT2D eigenvalue weighted by molar-refractivity contribution is 9.10. The molecule has 2 nitrogen and oxygen atoms in total. The third kappa shape index (κ3) is 3.43. The summed E-state index contributed by atoms with van der Waals surface area (Å²) in [5.41, 5.74) is 1.13. The topological polar surface area (TPSA) is 25.8 Å². The maximum Gasteiger partial charge on any atom is 0.129 e. The first-order valence-corrected chi connectivity index (χ1v) is 5.43. The third-order valence-electron chi connectivity index (χ3n) is 1.73. The largest absolute Gasteiger partial charge is 0.238 e. The molecule has 0 fully saturated rings. The Hall–Kier alpha value is -0.440. The molecule has 1 aromatic heterocycles. The molecule has 0 aliphatic carbocycles. The second kappa shape index (κ2) is 4.70. The van der Waals surface area contributed by atoms with Crippen molar-refractivity contribution in [3.05, 3.63) is 22.2 Å². The van der Waals surface area contributed by atoms with Crippen molar-refractivity contribution in [3.63, 3.8) is 0 Å². The lowest BCUT2D eigenvalue weighted by molar-refractivity contribution is 0.629. The fourth-order valence-corrected chi connectivity index (χ4v) is 1.67. The van der Waals surface area contributed by atoms with Gasteiger partial charge < -0.3 is 0 Å². The van der Waals surface area contributed by atoms with Crippen molar-refractivity contribution in [1.82, 2.24) is 9.97 Å². The van der Waals surface area contributed by atoms with Crippen LogP contribution in [0.5, 0.6) is 0 Å². The molecule has 0 aliphatic rings. The molecule has 0 bridgehead atoms. The average Bonchev–Trinajstić information content (AvgIpc) is 2.01. The average molecular weight is 243 g/mol. The van der Waals surface area contributed by atoms with Gasteiger partial charge in [0, 0.05) is 12.1 Å². The van der Waals surface area contributed by atoms with Crippen LogP contribution in [0.1, 0.15) is 32.3 Å². The van der Waals surface area contributed by atoms with Gasteiger partial charge in [-0.3, -0.25) is 0 Å². The summed E-state index contributed by atoms with van der Waals surface area (Å²) < 4.78 is 0.898. The standard InChI is InChI=1S/C10H15BrN2/c1-4-10-12-8(5-7(2)3)6-9(11)13-10/h6-7H,4-5H2,1-3H3. The first-order valence-electron chi connectivity index (χ1n) is 4.64. The van der Waals surface area contributed by atoms with Gasteiger partial charge in [0.1, 0.15) is 10.4 Å². The Morgan fingerprint density at radius 3 is 2.62 bits per heavy atom. The number of aryl methyl sites for hydroxylation is 1. The first kappa shape index (κ1) is 10.6. The maximum atomic E-state index is 4.45. The summed E-state index contributed by atoms with van der Waals surface area (Å²) in [5, 5.41) is 0. The molecule has 1 heterocycles. The Labute approximate surface area is 87.9 Å². The minimum atomic E-state index is 0.645. The van der Waals surface area contributed by atoms with Gasteiger partial charge in [0.25, 0.3) is 0 Å². The van der Waals surface area contributed by atoms with Crippen LogP contribution >= 0.6 is 15.9 Å². The van der Waals surface area contributed by atoms with Crippen molar-refractivity contribution in [2.75, 3.05) is 0 Å². The van der Waals surface area contributed by atoms with Gasteiger partial charge in [-0.1, -0.05) is 20.8 Å². The second-order valence-corrected chi connectivity index (χ2v) is 4.36. The molecule has 0 saturated heterocycles. The summed E-state index contributed by atoms with van der Waals surface area (Å²) in [6.45, 7) is 6.46. The van der Waals surface area contributed by atoms with E-state index in [1.165, 1.54) is 0 Å². The summed E-state index contributed by atoms with van der Waals surface area (Å²) in [5.74, 6) is 1.57. The van der Waals surface area contributed by atoms with E-state index in [-0.39, 0.29) is 0 Å². The van der Waals surface area contributed by atoms with Crippen molar-refractivity contribution in [3.8, 4) is 0 Å². The van der Waals surface area contributed by atoms with E-state index in [4.69, 9.17) is 0 Å². The molecule has 0 spiro atoms. The zero-order valence-corrected chi connectivity index (χ0v) is 9.93. The van der Waals surface area contributed by atoms with E-state index in [1.54, 1.807) is 0 Å². The van der Waals surface area contributed by atoms with Crippen molar-refractivity contribution in [2.45, 2.75) is 33.6 Å². The molecule has 1 rings (SSSR count). The predicted molar refractivity (Wildman–Crippen MR) is 57.7 cm³/mol. The zero-order chi connectivity index (χ0) is 9.84. The fraction of sp³-hybridized carbons (Fsp3) is 0.600. The Morgan fingerprint density at radius 2 is 2.08 bits per heavy atom. The quantitative estimate of drug-likeness (QED) is 0.762. The number of hydrogen-bond acceptors (Lipinski definition) is 2. The van der Waals surface area contributed by atoms with E-state index in [1.807, 2.05) is 6.07 Å². The van der Waals surface area contributed by atoms with E-state index in [9.17, 15) is 0 Å². The van der Waals surface area contributed by atoms with E-state index >= 15 is 0 Å². The molecule has 0 unspecified atom stereocenters. The summed E-state index contributed by atoms with van der Waals surface area (Å²) >= 11 is 3.39. The minimum absolute atomic E-state index is 0.645. The monoisotopic (exact) mass is 242 g/mol. The van der Waals surface area contributed by atoms with E-state index in [0.29, 0.717) is 5.92 Å². The molecule has 0 aromatic carbocycles. The Kier molecular flexibility index (Phi) is 3.85. The molecule has 0 amide bonds. The van der Waals surface area contributed by atoms with Gasteiger partial charge >= 0.3 is 0 Å². The number of halogens is 1. The fourth-order valence-electron chi connectivity index (χ4n) is 1.20. The SMILES string of the molecule is CCc1nc(Br)cc(CC(C)C)n1. The van der Waals surface area contributed by atoms with Crippen molar-refractivity contribution in [2.24, 2.45) is 5.92 Å². The normalized spacial score (nSPS) is 10.8. The maximum absolute atomic E-state index is 4.45. The van der Waals surface area contributed by atoms with Gasteiger partial charge in [-0.05, 0) is 34.3 Å². The number of hydrogen-bond donors (Lipinski definition) is 0. The van der Waals surface area contributed by atoms with Crippen LogP contribution in [0.25, 0.3) is 0 Å². The van der Waals surface area contributed by atoms with Crippen LogP contribution in [0.3, 0.4) is 0 Å². The van der Waals surface area contributed by atoms with Crippen LogP contribution < -0.4 is 0 Å². The van der Waals surface area contributed by atoms with Gasteiger partial charge in [-0.2, -0.15) is 0 Å². The highest BCUT2D eigenvalue weighted by Crippen LogP contribution is 2.12. The highest BCUT2D eigenvalue weighted by Gasteiger charge is 2.03. The summed E-state index contributed by atoms with van der Waals surface area (Å²) in [4.78, 5) is 8.72. The lowest BCUT2D eigenvalue weighted by Crippen LogP contribution is -2.02. The number of nitrogens with zero attached hydrogens (tertiary/aromatic N) is 2. The Bertz CT molecular complexity index is 284. The Morgan fingerprint density at radius 1 is 1.38 bits per heavy atom. The van der Waals surface area contributed by atoms with Gasteiger partial charge in [-0.15, -0.1) is 0 Å². The second-order valence-electron chi connectivity index (χ2n) is 3.55. The summed E-state index contributed by atoms with van der Waals surface area (Å²) in [7, 11) is 0. The van der Waals surface area contributed by atoms with E-state index in [0.717, 1.165) is 29.0 Å². The molecule has 0 atom stereocenters. The molecule has 3 heteroatoms. The summed E-state index contributed by atoms with van der Waals surface area (Å²) in [6.07, 6.45) is 1.92. The zero-order valence-electron chi connectivity index (χ0n) is 8.34. The van der Waals surface area contributed by atoms with Crippen LogP contribution in [0.2, 0.25) is 0 Å². The van der Waals surface area contributed by atoms with E-state index < -0.39 is 0 Å². The molecule has 0 radical (unpaired) electrons. The van der Waals surface area contributed by atoms with Crippen molar-refractivity contribution >= 4 is 15.9 Å². The lowest BCUT2D eigenvalue weighted by Gasteiger charge is -2.05. The van der Waals surface area contributed by atoms with Crippen molar-refractivity contribution < 1.29 is 0 Å². The van der Waals surface area contributed by atoms with Crippen LogP contribution in [0.4, 0.5) is 0 Å². The minimum Gasteiger partial charge on any atom is -0.238 e. The smallest absolute Gasteiger partial charge is 0.129 e. The molecular weight excluding hydrogens is 228 g/mol. The number of rotatable bonds is 3. The van der Waals surface area contributed by atoms with Gasteiger partial charge in [0.2, 0.25) is 0 Å². The van der Waals surface area contributed by atoms with Crippen LogP contribution in [-0.4, -0.2) is 9.97 Å². The molecular formula is C10H15BrN2. The first-order chi connectivity index (χ1) is 6.11. The molecule has 72 valence electrons.